The van der Waals surface area contributed by atoms with E-state index in [2.05, 4.69) is 28.9 Å². The molecule has 0 heterocycles. The first-order valence-electron chi connectivity index (χ1n) is 4.23. The highest BCUT2D eigenvalue weighted by Crippen LogP contribution is 2.32. The Labute approximate surface area is 87.2 Å². The van der Waals surface area contributed by atoms with Gasteiger partial charge in [-0.25, -0.2) is 0 Å². The van der Waals surface area contributed by atoms with Crippen LogP contribution < -0.4 is 10.5 Å². The monoisotopic (exact) mass is 243 g/mol. The van der Waals surface area contributed by atoms with Gasteiger partial charge in [0.05, 0.1) is 11.6 Å². The summed E-state index contributed by atoms with van der Waals surface area (Å²) in [5.74, 6) is 1.21. The van der Waals surface area contributed by atoms with Gasteiger partial charge in [0.2, 0.25) is 0 Å². The first-order valence-corrected chi connectivity index (χ1v) is 5.02. The zero-order chi connectivity index (χ0) is 9.84. The van der Waals surface area contributed by atoms with Crippen LogP contribution in [0.5, 0.6) is 5.75 Å². The Bertz CT molecular complexity index is 288. The van der Waals surface area contributed by atoms with Crippen LogP contribution in [0.3, 0.4) is 0 Å². The summed E-state index contributed by atoms with van der Waals surface area (Å²) in [4.78, 5) is 0. The van der Waals surface area contributed by atoms with Crippen molar-refractivity contribution < 1.29 is 4.74 Å². The Balaban J connectivity index is 3.08. The molecule has 0 saturated carbocycles. The predicted molar refractivity (Wildman–Crippen MR) is 58.2 cm³/mol. The molecule has 0 saturated heterocycles. The van der Waals surface area contributed by atoms with Crippen molar-refractivity contribution in [2.24, 2.45) is 5.73 Å². The zero-order valence-electron chi connectivity index (χ0n) is 7.88. The highest BCUT2D eigenvalue weighted by Gasteiger charge is 2.10. The van der Waals surface area contributed by atoms with E-state index in [1.165, 1.54) is 5.56 Å². The van der Waals surface area contributed by atoms with Crippen LogP contribution in [0.2, 0.25) is 0 Å². The second kappa shape index (κ2) is 4.63. The van der Waals surface area contributed by atoms with Gasteiger partial charge in [0.15, 0.2) is 0 Å². The molecule has 3 heteroatoms. The topological polar surface area (TPSA) is 35.2 Å². The molecule has 0 aliphatic rings. The van der Waals surface area contributed by atoms with Crippen LogP contribution >= 0.6 is 15.9 Å². The Kier molecular flexibility index (Phi) is 3.75. The van der Waals surface area contributed by atoms with Gasteiger partial charge < -0.3 is 10.5 Å². The molecule has 0 amide bonds. The molecule has 1 aromatic rings. The van der Waals surface area contributed by atoms with Gasteiger partial charge in [-0.05, 0) is 40.0 Å². The van der Waals surface area contributed by atoms with Gasteiger partial charge in [0, 0.05) is 0 Å². The molecular weight excluding hydrogens is 230 g/mol. The molecular formula is C10H14BrNO. The van der Waals surface area contributed by atoms with Crippen molar-refractivity contribution in [2.75, 3.05) is 13.7 Å². The Hall–Kier alpha value is -0.540. The molecule has 2 nitrogen and oxygen atoms in total. The largest absolute Gasteiger partial charge is 0.496 e. The quantitative estimate of drug-likeness (QED) is 0.886. The third-order valence-corrected chi connectivity index (χ3v) is 2.95. The van der Waals surface area contributed by atoms with Crippen LogP contribution in [0.15, 0.2) is 22.7 Å². The van der Waals surface area contributed by atoms with E-state index in [0.717, 1.165) is 10.2 Å². The summed E-state index contributed by atoms with van der Waals surface area (Å²) in [6.07, 6.45) is 0. The third kappa shape index (κ3) is 2.23. The fourth-order valence-corrected chi connectivity index (χ4v) is 2.01. The number of halogens is 1. The van der Waals surface area contributed by atoms with Crippen molar-refractivity contribution in [2.45, 2.75) is 12.8 Å². The van der Waals surface area contributed by atoms with Crippen LogP contribution in [-0.2, 0) is 0 Å². The van der Waals surface area contributed by atoms with Gasteiger partial charge >= 0.3 is 0 Å². The maximum absolute atomic E-state index is 5.60. The lowest BCUT2D eigenvalue weighted by molar-refractivity contribution is 0.411. The molecule has 0 bridgehead atoms. The number of methoxy groups -OCH3 is 1. The number of hydrogen-bond acceptors (Lipinski definition) is 2. The summed E-state index contributed by atoms with van der Waals surface area (Å²) in [7, 11) is 1.66. The molecule has 0 aromatic heterocycles. The maximum Gasteiger partial charge on any atom is 0.133 e. The highest BCUT2D eigenvalue weighted by molar-refractivity contribution is 9.10. The zero-order valence-corrected chi connectivity index (χ0v) is 9.47. The molecule has 0 spiro atoms. The minimum atomic E-state index is 0.351. The molecule has 0 radical (unpaired) electrons. The van der Waals surface area contributed by atoms with E-state index in [4.69, 9.17) is 10.5 Å². The molecule has 0 fully saturated rings. The summed E-state index contributed by atoms with van der Waals surface area (Å²) in [5.41, 5.74) is 6.80. The SMILES string of the molecule is COc1cccc(C(C)CN)c1Br. The average Bonchev–Trinajstić information content (AvgIpc) is 2.17. The van der Waals surface area contributed by atoms with Gasteiger partial charge in [-0.3, -0.25) is 0 Å². The summed E-state index contributed by atoms with van der Waals surface area (Å²) in [6, 6.07) is 5.96. The lowest BCUT2D eigenvalue weighted by Gasteiger charge is -2.13. The Morgan fingerprint density at radius 1 is 1.54 bits per heavy atom. The Morgan fingerprint density at radius 2 is 2.23 bits per heavy atom. The number of benzene rings is 1. The van der Waals surface area contributed by atoms with Gasteiger partial charge in [-0.1, -0.05) is 19.1 Å². The van der Waals surface area contributed by atoms with Crippen molar-refractivity contribution in [3.63, 3.8) is 0 Å². The number of ether oxygens (including phenoxy) is 1. The van der Waals surface area contributed by atoms with Crippen molar-refractivity contribution in [3.05, 3.63) is 28.2 Å². The van der Waals surface area contributed by atoms with Crippen LogP contribution in [-0.4, -0.2) is 13.7 Å². The number of nitrogens with two attached hydrogens (primary N) is 1. The minimum absolute atomic E-state index is 0.351. The standard InChI is InChI=1S/C10H14BrNO/c1-7(6-12)8-4-3-5-9(13-2)10(8)11/h3-5,7H,6,12H2,1-2H3. The predicted octanol–water partition coefficient (Wildman–Crippen LogP) is 2.52. The molecule has 72 valence electrons. The fraction of sp³-hybridized carbons (Fsp3) is 0.400. The first kappa shape index (κ1) is 10.5. The molecule has 1 rings (SSSR count). The van der Waals surface area contributed by atoms with Crippen LogP contribution in [0.4, 0.5) is 0 Å². The van der Waals surface area contributed by atoms with Gasteiger partial charge in [0.25, 0.3) is 0 Å². The average molecular weight is 244 g/mol. The van der Waals surface area contributed by atoms with E-state index in [1.807, 2.05) is 12.1 Å². The van der Waals surface area contributed by atoms with Crippen molar-refractivity contribution in [1.29, 1.82) is 0 Å². The van der Waals surface area contributed by atoms with E-state index in [1.54, 1.807) is 7.11 Å². The van der Waals surface area contributed by atoms with E-state index < -0.39 is 0 Å². The van der Waals surface area contributed by atoms with Crippen LogP contribution in [0.1, 0.15) is 18.4 Å². The smallest absolute Gasteiger partial charge is 0.133 e. The van der Waals surface area contributed by atoms with Crippen molar-refractivity contribution in [1.82, 2.24) is 0 Å². The van der Waals surface area contributed by atoms with E-state index in [9.17, 15) is 0 Å². The number of rotatable bonds is 3. The summed E-state index contributed by atoms with van der Waals surface area (Å²) < 4.78 is 6.20. The minimum Gasteiger partial charge on any atom is -0.496 e. The molecule has 0 aliphatic heterocycles. The maximum atomic E-state index is 5.60. The fourth-order valence-electron chi connectivity index (χ4n) is 1.19. The molecule has 0 aliphatic carbocycles. The van der Waals surface area contributed by atoms with Gasteiger partial charge in [-0.2, -0.15) is 0 Å². The van der Waals surface area contributed by atoms with E-state index in [-0.39, 0.29) is 0 Å². The van der Waals surface area contributed by atoms with Crippen LogP contribution in [0, 0.1) is 0 Å². The first-order chi connectivity index (χ1) is 6.20. The normalized spacial score (nSPS) is 12.6. The van der Waals surface area contributed by atoms with Gasteiger partial charge in [-0.15, -0.1) is 0 Å². The summed E-state index contributed by atoms with van der Waals surface area (Å²) in [6.45, 7) is 2.74. The lowest BCUT2D eigenvalue weighted by Crippen LogP contribution is -2.09. The second-order valence-electron chi connectivity index (χ2n) is 3.00. The molecule has 13 heavy (non-hydrogen) atoms. The molecule has 1 unspecified atom stereocenters. The molecule has 1 aromatic carbocycles. The summed E-state index contributed by atoms with van der Waals surface area (Å²) in [5, 5.41) is 0. The number of hydrogen-bond donors (Lipinski definition) is 1. The van der Waals surface area contributed by atoms with Crippen molar-refractivity contribution >= 4 is 15.9 Å². The van der Waals surface area contributed by atoms with Crippen LogP contribution in [0.25, 0.3) is 0 Å². The molecule has 1 atom stereocenters. The van der Waals surface area contributed by atoms with E-state index in [0.29, 0.717) is 12.5 Å². The van der Waals surface area contributed by atoms with Gasteiger partial charge in [0.1, 0.15) is 5.75 Å². The highest BCUT2D eigenvalue weighted by atomic mass is 79.9. The molecule has 2 N–H and O–H groups in total. The van der Waals surface area contributed by atoms with Crippen molar-refractivity contribution in [3.8, 4) is 5.75 Å². The summed E-state index contributed by atoms with van der Waals surface area (Å²) >= 11 is 3.50. The third-order valence-electron chi connectivity index (χ3n) is 2.10. The second-order valence-corrected chi connectivity index (χ2v) is 3.79. The lowest BCUT2D eigenvalue weighted by atomic mass is 10.0. The Morgan fingerprint density at radius 3 is 2.77 bits per heavy atom. The van der Waals surface area contributed by atoms with E-state index >= 15 is 0 Å².